The van der Waals surface area contributed by atoms with Gasteiger partial charge in [0.25, 0.3) is 0 Å². The molecule has 4 nitrogen and oxygen atoms in total. The van der Waals surface area contributed by atoms with Gasteiger partial charge in [-0.25, -0.2) is 0 Å². The number of aromatic hydroxyl groups is 4. The third-order valence-corrected chi connectivity index (χ3v) is 9.34. The topological polar surface area (TPSA) is 80.9 Å². The molecule has 0 saturated heterocycles. The summed E-state index contributed by atoms with van der Waals surface area (Å²) in [6, 6.07) is 35.0. The zero-order valence-corrected chi connectivity index (χ0v) is 27.7. The smallest absolute Gasteiger partial charge is 0.118 e. The Balaban J connectivity index is 0.000000215. The maximum atomic E-state index is 9.63. The van der Waals surface area contributed by atoms with Crippen LogP contribution in [0.4, 0.5) is 0 Å². The van der Waals surface area contributed by atoms with Crippen LogP contribution in [0, 0.1) is 13.8 Å². The van der Waals surface area contributed by atoms with E-state index in [4.69, 9.17) is 0 Å². The monoisotopic (exact) mass is 602 g/mol. The predicted octanol–water partition coefficient (Wildman–Crippen LogP) is 9.79. The molecular weight excluding hydrogens is 556 g/mol. The summed E-state index contributed by atoms with van der Waals surface area (Å²) in [6.07, 6.45) is 0. The molecule has 0 radical (unpaired) electrons. The van der Waals surface area contributed by atoms with E-state index in [2.05, 4.69) is 65.8 Å². The van der Waals surface area contributed by atoms with Crippen molar-refractivity contribution < 1.29 is 20.4 Å². The molecule has 0 bridgehead atoms. The molecule has 5 aromatic rings. The van der Waals surface area contributed by atoms with Gasteiger partial charge in [0, 0.05) is 16.2 Å². The number of aryl methyl sites for hydroxylation is 2. The van der Waals surface area contributed by atoms with E-state index in [-0.39, 0.29) is 27.7 Å². The van der Waals surface area contributed by atoms with Gasteiger partial charge in [-0.3, -0.25) is 0 Å². The summed E-state index contributed by atoms with van der Waals surface area (Å²) in [5.41, 5.74) is 8.38. The summed E-state index contributed by atoms with van der Waals surface area (Å²) in [5, 5.41) is 38.3. The highest BCUT2D eigenvalue weighted by molar-refractivity contribution is 5.47. The first-order valence-electron chi connectivity index (χ1n) is 15.3. The standard InChI is InChI=1S/C24H26O2.C17H20O2/c1-23(2,19-9-13-21(25)14-10-19)17-5-7-18(8-6-17)24(3,4)20-11-15-22(26)16-12-20;1-11-9-13(5-7-15(11)18)17(3,4)14-6-8-16(19)12(2)10-14/h5-16,25-26H,1-4H3;5-10,18-19H,1-4H3. The van der Waals surface area contributed by atoms with Crippen molar-refractivity contribution in [2.75, 3.05) is 0 Å². The first kappa shape index (κ1) is 33.2. The average Bonchev–Trinajstić information content (AvgIpc) is 3.00. The van der Waals surface area contributed by atoms with Crippen molar-refractivity contribution in [1.82, 2.24) is 0 Å². The minimum Gasteiger partial charge on any atom is -0.508 e. The summed E-state index contributed by atoms with van der Waals surface area (Å²) < 4.78 is 0. The van der Waals surface area contributed by atoms with Gasteiger partial charge in [-0.05, 0) is 94.8 Å². The van der Waals surface area contributed by atoms with E-state index in [0.717, 1.165) is 22.3 Å². The van der Waals surface area contributed by atoms with Crippen LogP contribution in [-0.4, -0.2) is 20.4 Å². The van der Waals surface area contributed by atoms with Gasteiger partial charge in [0.2, 0.25) is 0 Å². The van der Waals surface area contributed by atoms with Gasteiger partial charge in [0.05, 0.1) is 0 Å². The Morgan fingerprint density at radius 1 is 0.333 bits per heavy atom. The lowest BCUT2D eigenvalue weighted by molar-refractivity contribution is 0.469. The number of rotatable bonds is 6. The summed E-state index contributed by atoms with van der Waals surface area (Å²) in [7, 11) is 0. The van der Waals surface area contributed by atoms with Crippen LogP contribution in [0.3, 0.4) is 0 Å². The second-order valence-corrected chi connectivity index (χ2v) is 13.5. The van der Waals surface area contributed by atoms with Gasteiger partial charge in [0.15, 0.2) is 0 Å². The van der Waals surface area contributed by atoms with Gasteiger partial charge in [-0.1, -0.05) is 114 Å². The van der Waals surface area contributed by atoms with Crippen LogP contribution < -0.4 is 0 Å². The Morgan fingerprint density at radius 2 is 0.556 bits per heavy atom. The van der Waals surface area contributed by atoms with E-state index < -0.39 is 0 Å². The normalized spacial score (nSPS) is 11.9. The molecule has 0 atom stereocenters. The first-order valence-corrected chi connectivity index (χ1v) is 15.3. The Morgan fingerprint density at radius 3 is 0.822 bits per heavy atom. The van der Waals surface area contributed by atoms with Crippen molar-refractivity contribution in [2.24, 2.45) is 0 Å². The quantitative estimate of drug-likeness (QED) is 0.156. The third kappa shape index (κ3) is 7.17. The summed E-state index contributed by atoms with van der Waals surface area (Å²) in [6.45, 7) is 16.9. The molecule has 0 spiro atoms. The molecule has 5 rings (SSSR count). The highest BCUT2D eigenvalue weighted by atomic mass is 16.3. The largest absolute Gasteiger partial charge is 0.508 e. The second kappa shape index (κ2) is 12.7. The molecule has 0 amide bonds. The number of benzene rings is 5. The minimum absolute atomic E-state index is 0.144. The van der Waals surface area contributed by atoms with Crippen molar-refractivity contribution in [1.29, 1.82) is 0 Å². The molecule has 0 aliphatic carbocycles. The fourth-order valence-electron chi connectivity index (χ4n) is 5.65. The molecule has 0 fully saturated rings. The molecule has 45 heavy (non-hydrogen) atoms. The van der Waals surface area contributed by atoms with E-state index in [1.54, 1.807) is 36.4 Å². The molecule has 4 N–H and O–H groups in total. The maximum Gasteiger partial charge on any atom is 0.118 e. The van der Waals surface area contributed by atoms with E-state index in [9.17, 15) is 20.4 Å². The minimum atomic E-state index is -0.170. The Hall–Kier alpha value is -4.70. The van der Waals surface area contributed by atoms with Crippen LogP contribution >= 0.6 is 0 Å². The number of hydrogen-bond acceptors (Lipinski definition) is 4. The van der Waals surface area contributed by atoms with E-state index >= 15 is 0 Å². The predicted molar refractivity (Wildman–Crippen MR) is 185 cm³/mol. The van der Waals surface area contributed by atoms with E-state index in [1.165, 1.54) is 22.3 Å². The second-order valence-electron chi connectivity index (χ2n) is 13.5. The Kier molecular flexibility index (Phi) is 9.39. The highest BCUT2D eigenvalue weighted by Gasteiger charge is 2.27. The molecule has 234 valence electrons. The summed E-state index contributed by atoms with van der Waals surface area (Å²) >= 11 is 0. The summed E-state index contributed by atoms with van der Waals surface area (Å²) in [4.78, 5) is 0. The van der Waals surface area contributed by atoms with Crippen molar-refractivity contribution in [3.8, 4) is 23.0 Å². The van der Waals surface area contributed by atoms with Crippen LogP contribution in [0.2, 0.25) is 0 Å². The van der Waals surface area contributed by atoms with Crippen LogP contribution in [0.1, 0.15) is 86.1 Å². The highest BCUT2D eigenvalue weighted by Crippen LogP contribution is 2.37. The molecule has 0 aliphatic rings. The van der Waals surface area contributed by atoms with Gasteiger partial charge >= 0.3 is 0 Å². The SMILES string of the molecule is CC(C)(c1ccc(O)cc1)c1ccc(C(C)(C)c2ccc(O)cc2)cc1.Cc1cc(C(C)(C)c2ccc(O)c(C)c2)ccc1O. The summed E-state index contributed by atoms with van der Waals surface area (Å²) in [5.74, 6) is 1.22. The van der Waals surface area contributed by atoms with Crippen molar-refractivity contribution in [3.05, 3.63) is 154 Å². The molecule has 0 saturated carbocycles. The molecular formula is C41H46O4. The number of phenolic OH excluding ortho intramolecular Hbond substituents is 4. The lowest BCUT2D eigenvalue weighted by Gasteiger charge is -2.29. The lowest BCUT2D eigenvalue weighted by Crippen LogP contribution is -2.21. The average molecular weight is 603 g/mol. The van der Waals surface area contributed by atoms with Crippen LogP contribution in [-0.2, 0) is 16.2 Å². The lowest BCUT2D eigenvalue weighted by atomic mass is 9.74. The molecule has 0 aromatic heterocycles. The number of hydrogen-bond donors (Lipinski definition) is 4. The van der Waals surface area contributed by atoms with Crippen LogP contribution in [0.25, 0.3) is 0 Å². The molecule has 5 aromatic carbocycles. The first-order chi connectivity index (χ1) is 21.0. The zero-order chi connectivity index (χ0) is 33.2. The molecule has 0 unspecified atom stereocenters. The van der Waals surface area contributed by atoms with Crippen LogP contribution in [0.15, 0.2) is 109 Å². The molecule has 0 heterocycles. The fraction of sp³-hybridized carbons (Fsp3) is 0.268. The Bertz CT molecular complexity index is 1610. The molecule has 4 heteroatoms. The van der Waals surface area contributed by atoms with Crippen molar-refractivity contribution >= 4 is 0 Å². The number of phenols is 4. The van der Waals surface area contributed by atoms with Crippen molar-refractivity contribution in [3.63, 3.8) is 0 Å². The molecule has 0 aliphatic heterocycles. The van der Waals surface area contributed by atoms with Gasteiger partial charge in [-0.15, -0.1) is 0 Å². The van der Waals surface area contributed by atoms with E-state index in [1.807, 2.05) is 62.4 Å². The van der Waals surface area contributed by atoms with Gasteiger partial charge in [0.1, 0.15) is 23.0 Å². The van der Waals surface area contributed by atoms with Crippen molar-refractivity contribution in [2.45, 2.75) is 71.6 Å². The zero-order valence-electron chi connectivity index (χ0n) is 27.7. The third-order valence-electron chi connectivity index (χ3n) is 9.34. The maximum absolute atomic E-state index is 9.63. The fourth-order valence-corrected chi connectivity index (χ4v) is 5.65. The van der Waals surface area contributed by atoms with E-state index in [0.29, 0.717) is 11.5 Å². The van der Waals surface area contributed by atoms with Crippen LogP contribution in [0.5, 0.6) is 23.0 Å². The Labute approximate surface area is 268 Å². The van der Waals surface area contributed by atoms with Gasteiger partial charge < -0.3 is 20.4 Å². The van der Waals surface area contributed by atoms with Gasteiger partial charge in [-0.2, -0.15) is 0 Å².